The van der Waals surface area contributed by atoms with Crippen LogP contribution >= 0.6 is 0 Å². The molecule has 23 heavy (non-hydrogen) atoms. The lowest BCUT2D eigenvalue weighted by Crippen LogP contribution is -2.18. The molecule has 2 aromatic heterocycles. The molecular formula is C17H16N2O3S. The number of aryl methyl sites for hydroxylation is 1. The molecule has 1 atom stereocenters. The minimum Gasteiger partial charge on any atom is -0.380 e. The molecule has 0 aliphatic carbocycles. The highest BCUT2D eigenvalue weighted by molar-refractivity contribution is 7.90. The number of pyridine rings is 1. The van der Waals surface area contributed by atoms with E-state index in [-0.39, 0.29) is 10.6 Å². The van der Waals surface area contributed by atoms with Crippen LogP contribution < -0.4 is 0 Å². The van der Waals surface area contributed by atoms with Crippen molar-refractivity contribution in [1.82, 2.24) is 8.96 Å². The Balaban J connectivity index is 2.07. The zero-order chi connectivity index (χ0) is 16.4. The number of nitrogens with zero attached hydrogens (tertiary/aromatic N) is 2. The lowest BCUT2D eigenvalue weighted by molar-refractivity contribution is 0.209. The first-order valence-electron chi connectivity index (χ1n) is 7.09. The average molecular weight is 328 g/mol. The van der Waals surface area contributed by atoms with E-state index in [0.717, 1.165) is 9.67 Å². The van der Waals surface area contributed by atoms with Gasteiger partial charge in [-0.05, 0) is 43.3 Å². The highest BCUT2D eigenvalue weighted by Crippen LogP contribution is 2.25. The van der Waals surface area contributed by atoms with Gasteiger partial charge in [-0.2, -0.15) is 0 Å². The van der Waals surface area contributed by atoms with Crippen molar-refractivity contribution in [3.63, 3.8) is 0 Å². The Morgan fingerprint density at radius 2 is 1.74 bits per heavy atom. The van der Waals surface area contributed by atoms with Gasteiger partial charge in [0, 0.05) is 11.9 Å². The zero-order valence-electron chi connectivity index (χ0n) is 12.5. The summed E-state index contributed by atoms with van der Waals surface area (Å²) < 4.78 is 26.6. The van der Waals surface area contributed by atoms with Crippen molar-refractivity contribution in [3.05, 3.63) is 83.9 Å². The summed E-state index contributed by atoms with van der Waals surface area (Å²) in [5.41, 5.74) is 1.42. The Morgan fingerprint density at radius 1 is 1.00 bits per heavy atom. The summed E-state index contributed by atoms with van der Waals surface area (Å²) in [6.45, 7) is 1.82. The van der Waals surface area contributed by atoms with Gasteiger partial charge in [-0.3, -0.25) is 4.98 Å². The zero-order valence-corrected chi connectivity index (χ0v) is 13.3. The minimum absolute atomic E-state index is 0.168. The number of aliphatic hydroxyl groups excluding tert-OH is 1. The molecule has 0 aliphatic heterocycles. The molecule has 0 radical (unpaired) electrons. The van der Waals surface area contributed by atoms with Crippen LogP contribution in [0.1, 0.15) is 23.2 Å². The van der Waals surface area contributed by atoms with Crippen molar-refractivity contribution >= 4 is 10.0 Å². The van der Waals surface area contributed by atoms with E-state index in [1.54, 1.807) is 42.5 Å². The monoisotopic (exact) mass is 328 g/mol. The first kappa shape index (κ1) is 15.5. The van der Waals surface area contributed by atoms with Crippen molar-refractivity contribution < 1.29 is 13.5 Å². The van der Waals surface area contributed by atoms with Gasteiger partial charge in [-0.15, -0.1) is 0 Å². The van der Waals surface area contributed by atoms with Gasteiger partial charge in [0.2, 0.25) is 0 Å². The highest BCUT2D eigenvalue weighted by Gasteiger charge is 2.24. The van der Waals surface area contributed by atoms with Crippen LogP contribution in [0.3, 0.4) is 0 Å². The molecule has 1 aromatic carbocycles. The topological polar surface area (TPSA) is 72.2 Å². The Kier molecular flexibility index (Phi) is 4.02. The van der Waals surface area contributed by atoms with Crippen LogP contribution in [0.5, 0.6) is 0 Å². The molecule has 0 spiro atoms. The third-order valence-electron chi connectivity index (χ3n) is 3.51. The lowest BCUT2D eigenvalue weighted by atomic mass is 10.1. The van der Waals surface area contributed by atoms with E-state index in [1.807, 2.05) is 13.0 Å². The van der Waals surface area contributed by atoms with Crippen molar-refractivity contribution in [2.75, 3.05) is 0 Å². The smallest absolute Gasteiger partial charge is 0.267 e. The number of hydrogen-bond acceptors (Lipinski definition) is 4. The molecule has 2 heterocycles. The molecule has 0 amide bonds. The molecule has 118 valence electrons. The predicted octanol–water partition coefficient (Wildman–Crippen LogP) is 2.51. The fourth-order valence-electron chi connectivity index (χ4n) is 2.38. The number of aliphatic hydroxyl groups is 1. The van der Waals surface area contributed by atoms with Crippen molar-refractivity contribution in [2.24, 2.45) is 0 Å². The summed E-state index contributed by atoms with van der Waals surface area (Å²) in [6, 6.07) is 16.6. The maximum absolute atomic E-state index is 12.7. The van der Waals surface area contributed by atoms with Crippen LogP contribution in [0.4, 0.5) is 0 Å². The number of rotatable bonds is 4. The van der Waals surface area contributed by atoms with Crippen LogP contribution in [0, 0.1) is 6.92 Å². The number of aromatic nitrogens is 2. The molecule has 0 bridgehead atoms. The van der Waals surface area contributed by atoms with E-state index in [2.05, 4.69) is 4.98 Å². The summed E-state index contributed by atoms with van der Waals surface area (Å²) in [5.74, 6) is 0. The quantitative estimate of drug-likeness (QED) is 0.799. The third-order valence-corrected chi connectivity index (χ3v) is 5.23. The third kappa shape index (κ3) is 2.91. The molecule has 3 rings (SSSR count). The normalized spacial score (nSPS) is 13.0. The maximum Gasteiger partial charge on any atom is 0.267 e. The van der Waals surface area contributed by atoms with Crippen LogP contribution in [0.25, 0.3) is 0 Å². The summed E-state index contributed by atoms with van der Waals surface area (Å²) in [6.07, 6.45) is 0.305. The second kappa shape index (κ2) is 5.98. The fraction of sp³-hybridized carbons (Fsp3) is 0.118. The Bertz CT molecular complexity index is 918. The number of benzene rings is 1. The second-order valence-electron chi connectivity index (χ2n) is 5.15. The molecule has 0 aliphatic rings. The SMILES string of the molecule is Cc1cccc(C(O)c2cccn2S(=O)(=O)c2ccccc2)n1. The Hall–Kier alpha value is -2.44. The van der Waals surface area contributed by atoms with Gasteiger partial charge in [0.05, 0.1) is 16.3 Å². The highest BCUT2D eigenvalue weighted by atomic mass is 32.2. The molecule has 0 fully saturated rings. The molecule has 6 heteroatoms. The van der Waals surface area contributed by atoms with E-state index >= 15 is 0 Å². The average Bonchev–Trinajstić information content (AvgIpc) is 3.05. The second-order valence-corrected chi connectivity index (χ2v) is 6.97. The molecule has 0 saturated heterocycles. The van der Waals surface area contributed by atoms with Gasteiger partial charge in [0.1, 0.15) is 6.10 Å². The van der Waals surface area contributed by atoms with Gasteiger partial charge >= 0.3 is 0 Å². The van der Waals surface area contributed by atoms with Crippen LogP contribution in [-0.4, -0.2) is 22.5 Å². The number of hydrogen-bond donors (Lipinski definition) is 1. The first-order valence-corrected chi connectivity index (χ1v) is 8.53. The summed E-state index contributed by atoms with van der Waals surface area (Å²) in [7, 11) is -3.76. The fourth-order valence-corrected chi connectivity index (χ4v) is 3.78. The molecule has 1 unspecified atom stereocenters. The summed E-state index contributed by atoms with van der Waals surface area (Å²) in [4.78, 5) is 4.44. The standard InChI is InChI=1S/C17H16N2O3S/c1-13-7-5-10-15(18-13)17(20)16-11-6-12-19(16)23(21,22)14-8-3-2-4-9-14/h2-12,17,20H,1H3. The predicted molar refractivity (Wildman–Crippen MR) is 86.5 cm³/mol. The van der Waals surface area contributed by atoms with E-state index in [1.165, 1.54) is 18.3 Å². The van der Waals surface area contributed by atoms with Crippen molar-refractivity contribution in [1.29, 1.82) is 0 Å². The summed E-state index contributed by atoms with van der Waals surface area (Å²) >= 11 is 0. The largest absolute Gasteiger partial charge is 0.380 e. The van der Waals surface area contributed by atoms with E-state index in [4.69, 9.17) is 0 Å². The van der Waals surface area contributed by atoms with Crippen molar-refractivity contribution in [2.45, 2.75) is 17.9 Å². The molecule has 3 aromatic rings. The maximum atomic E-state index is 12.7. The van der Waals surface area contributed by atoms with E-state index < -0.39 is 16.1 Å². The van der Waals surface area contributed by atoms with Gasteiger partial charge in [0.15, 0.2) is 0 Å². The van der Waals surface area contributed by atoms with Crippen LogP contribution in [0.2, 0.25) is 0 Å². The molecule has 5 nitrogen and oxygen atoms in total. The molecular weight excluding hydrogens is 312 g/mol. The van der Waals surface area contributed by atoms with Gasteiger partial charge in [-0.1, -0.05) is 24.3 Å². The van der Waals surface area contributed by atoms with E-state index in [0.29, 0.717) is 5.69 Å². The Labute approximate surface area is 134 Å². The summed E-state index contributed by atoms with van der Waals surface area (Å²) in [5, 5.41) is 10.5. The minimum atomic E-state index is -3.76. The van der Waals surface area contributed by atoms with Gasteiger partial charge < -0.3 is 5.11 Å². The van der Waals surface area contributed by atoms with Gasteiger partial charge in [-0.25, -0.2) is 12.4 Å². The first-order chi connectivity index (χ1) is 11.0. The van der Waals surface area contributed by atoms with Crippen LogP contribution in [-0.2, 0) is 10.0 Å². The van der Waals surface area contributed by atoms with Crippen molar-refractivity contribution in [3.8, 4) is 0 Å². The van der Waals surface area contributed by atoms with Gasteiger partial charge in [0.25, 0.3) is 10.0 Å². The van der Waals surface area contributed by atoms with E-state index in [9.17, 15) is 13.5 Å². The molecule has 1 N–H and O–H groups in total. The van der Waals surface area contributed by atoms with Crippen LogP contribution in [0.15, 0.2) is 71.8 Å². The lowest BCUT2D eigenvalue weighted by Gasteiger charge is -2.15. The molecule has 0 saturated carbocycles. The Morgan fingerprint density at radius 3 is 2.43 bits per heavy atom.